The molecular formula is C11H12Cl2N2O3. The molecule has 0 aliphatic carbocycles. The predicted molar refractivity (Wildman–Crippen MR) is 67.3 cm³/mol. The lowest BCUT2D eigenvalue weighted by molar-refractivity contribution is -0.148. The molecule has 18 heavy (non-hydrogen) atoms. The van der Waals surface area contributed by atoms with Gasteiger partial charge in [-0.3, -0.25) is 4.79 Å². The third kappa shape index (κ3) is 4.89. The summed E-state index contributed by atoms with van der Waals surface area (Å²) in [6.07, 6.45) is 0. The summed E-state index contributed by atoms with van der Waals surface area (Å²) in [5.74, 6) is -0.830. The zero-order valence-corrected chi connectivity index (χ0v) is 11.4. The van der Waals surface area contributed by atoms with Gasteiger partial charge in [-0.25, -0.2) is 9.78 Å². The van der Waals surface area contributed by atoms with Gasteiger partial charge in [0.15, 0.2) is 0 Å². The van der Waals surface area contributed by atoms with Crippen molar-refractivity contribution in [1.29, 1.82) is 0 Å². The quantitative estimate of drug-likeness (QED) is 0.680. The molecule has 0 unspecified atom stereocenters. The van der Waals surface area contributed by atoms with Crippen LogP contribution in [-0.2, 0) is 20.9 Å². The average molecular weight is 291 g/mol. The van der Waals surface area contributed by atoms with Crippen LogP contribution >= 0.6 is 23.2 Å². The SMILES string of the molecule is CC(=O)N[C@@H](C)C(=O)OCc1cc(Cl)nc(Cl)c1. The molecule has 1 atom stereocenters. The average Bonchev–Trinajstić information content (AvgIpc) is 2.23. The first kappa shape index (κ1) is 14.7. The first-order valence-electron chi connectivity index (χ1n) is 5.14. The van der Waals surface area contributed by atoms with Crippen LogP contribution in [0.4, 0.5) is 0 Å². The van der Waals surface area contributed by atoms with Crippen molar-refractivity contribution < 1.29 is 14.3 Å². The molecule has 1 N–H and O–H groups in total. The van der Waals surface area contributed by atoms with Crippen LogP contribution in [0.1, 0.15) is 19.4 Å². The number of nitrogens with one attached hydrogen (secondary N) is 1. The van der Waals surface area contributed by atoms with Gasteiger partial charge in [0.25, 0.3) is 0 Å². The Morgan fingerprint density at radius 1 is 1.39 bits per heavy atom. The van der Waals surface area contributed by atoms with Gasteiger partial charge in [-0.1, -0.05) is 23.2 Å². The summed E-state index contributed by atoms with van der Waals surface area (Å²) in [6.45, 7) is 2.88. The summed E-state index contributed by atoms with van der Waals surface area (Å²) in [5.41, 5.74) is 0.628. The number of carbonyl (C=O) groups excluding carboxylic acids is 2. The van der Waals surface area contributed by atoms with E-state index in [9.17, 15) is 9.59 Å². The Hall–Kier alpha value is -1.33. The van der Waals surface area contributed by atoms with Gasteiger partial charge in [0.2, 0.25) is 5.91 Å². The van der Waals surface area contributed by atoms with Gasteiger partial charge in [0.05, 0.1) is 0 Å². The molecule has 0 aliphatic heterocycles. The fourth-order valence-corrected chi connectivity index (χ4v) is 1.75. The van der Waals surface area contributed by atoms with Crippen LogP contribution in [0.2, 0.25) is 10.3 Å². The van der Waals surface area contributed by atoms with Crippen LogP contribution in [0, 0.1) is 0 Å². The minimum Gasteiger partial charge on any atom is -0.459 e. The number of aromatic nitrogens is 1. The first-order valence-corrected chi connectivity index (χ1v) is 5.90. The first-order chi connectivity index (χ1) is 8.38. The topological polar surface area (TPSA) is 68.3 Å². The fourth-order valence-electron chi connectivity index (χ4n) is 1.24. The van der Waals surface area contributed by atoms with E-state index in [-0.39, 0.29) is 22.8 Å². The van der Waals surface area contributed by atoms with E-state index in [2.05, 4.69) is 10.3 Å². The summed E-state index contributed by atoms with van der Waals surface area (Å²) >= 11 is 11.4. The van der Waals surface area contributed by atoms with E-state index in [0.29, 0.717) is 5.56 Å². The Kier molecular flexibility index (Phi) is 5.37. The summed E-state index contributed by atoms with van der Waals surface area (Å²) in [7, 11) is 0. The minimum absolute atomic E-state index is 0.0186. The third-order valence-electron chi connectivity index (χ3n) is 1.98. The predicted octanol–water partition coefficient (Wildman–Crippen LogP) is 1.96. The zero-order chi connectivity index (χ0) is 13.7. The van der Waals surface area contributed by atoms with Crippen molar-refractivity contribution in [2.24, 2.45) is 0 Å². The molecule has 1 aromatic rings. The third-order valence-corrected chi connectivity index (χ3v) is 2.36. The number of pyridine rings is 1. The zero-order valence-electron chi connectivity index (χ0n) is 9.87. The van der Waals surface area contributed by atoms with E-state index in [1.54, 1.807) is 12.1 Å². The lowest BCUT2D eigenvalue weighted by Gasteiger charge is -2.12. The molecular weight excluding hydrogens is 279 g/mol. The second-order valence-electron chi connectivity index (χ2n) is 3.65. The maximum atomic E-state index is 11.5. The molecule has 98 valence electrons. The van der Waals surface area contributed by atoms with E-state index < -0.39 is 12.0 Å². The number of rotatable bonds is 4. The van der Waals surface area contributed by atoms with Crippen molar-refractivity contribution in [3.05, 3.63) is 28.0 Å². The highest BCUT2D eigenvalue weighted by molar-refractivity contribution is 6.32. The van der Waals surface area contributed by atoms with Gasteiger partial charge >= 0.3 is 5.97 Å². The molecule has 5 nitrogen and oxygen atoms in total. The Labute approximate surface area is 114 Å². The molecule has 0 fully saturated rings. The lowest BCUT2D eigenvalue weighted by Crippen LogP contribution is -2.38. The molecule has 1 aromatic heterocycles. The van der Waals surface area contributed by atoms with Crippen molar-refractivity contribution in [2.75, 3.05) is 0 Å². The van der Waals surface area contributed by atoms with Gasteiger partial charge in [0.1, 0.15) is 23.0 Å². The lowest BCUT2D eigenvalue weighted by atomic mass is 10.3. The number of halogens is 2. The number of nitrogens with zero attached hydrogens (tertiary/aromatic N) is 1. The van der Waals surface area contributed by atoms with Crippen LogP contribution in [-0.4, -0.2) is 22.9 Å². The van der Waals surface area contributed by atoms with Crippen molar-refractivity contribution in [3.63, 3.8) is 0 Å². The summed E-state index contributed by atoms with van der Waals surface area (Å²) in [4.78, 5) is 26.0. The molecule has 1 amide bonds. The Morgan fingerprint density at radius 2 is 1.94 bits per heavy atom. The minimum atomic E-state index is -0.699. The summed E-state index contributed by atoms with van der Waals surface area (Å²) < 4.78 is 5.00. The van der Waals surface area contributed by atoms with Crippen LogP contribution < -0.4 is 5.32 Å². The Morgan fingerprint density at radius 3 is 2.44 bits per heavy atom. The second kappa shape index (κ2) is 6.56. The summed E-state index contributed by atoms with van der Waals surface area (Å²) in [6, 6.07) is 2.39. The van der Waals surface area contributed by atoms with Crippen LogP contribution in [0.5, 0.6) is 0 Å². The number of hydrogen-bond acceptors (Lipinski definition) is 4. The molecule has 0 aromatic carbocycles. The molecule has 0 bridgehead atoms. The molecule has 0 saturated heterocycles. The van der Waals surface area contributed by atoms with Gasteiger partial charge < -0.3 is 10.1 Å². The van der Waals surface area contributed by atoms with Crippen molar-refractivity contribution >= 4 is 35.1 Å². The molecule has 0 aliphatic rings. The standard InChI is InChI=1S/C11H12Cl2N2O3/c1-6(14-7(2)16)11(17)18-5-8-3-9(12)15-10(13)4-8/h3-4,6H,5H2,1-2H3,(H,14,16)/t6-/m0/s1. The molecule has 1 rings (SSSR count). The highest BCUT2D eigenvalue weighted by Crippen LogP contribution is 2.15. The normalized spacial score (nSPS) is 11.8. The molecule has 7 heteroatoms. The van der Waals surface area contributed by atoms with Crippen LogP contribution in [0.25, 0.3) is 0 Å². The van der Waals surface area contributed by atoms with E-state index in [0.717, 1.165) is 0 Å². The molecule has 0 radical (unpaired) electrons. The van der Waals surface area contributed by atoms with E-state index >= 15 is 0 Å². The number of amides is 1. The maximum absolute atomic E-state index is 11.5. The van der Waals surface area contributed by atoms with Gasteiger partial charge in [-0.05, 0) is 24.6 Å². The molecule has 1 heterocycles. The highest BCUT2D eigenvalue weighted by atomic mass is 35.5. The van der Waals surface area contributed by atoms with E-state index in [4.69, 9.17) is 27.9 Å². The number of ether oxygens (including phenoxy) is 1. The van der Waals surface area contributed by atoms with E-state index in [1.807, 2.05) is 0 Å². The van der Waals surface area contributed by atoms with Crippen LogP contribution in [0.15, 0.2) is 12.1 Å². The van der Waals surface area contributed by atoms with Gasteiger partial charge in [-0.2, -0.15) is 0 Å². The Bertz CT molecular complexity index is 445. The maximum Gasteiger partial charge on any atom is 0.328 e. The number of hydrogen-bond donors (Lipinski definition) is 1. The Balaban J connectivity index is 2.54. The molecule has 0 saturated carbocycles. The monoisotopic (exact) mass is 290 g/mol. The number of carbonyl (C=O) groups is 2. The van der Waals surface area contributed by atoms with Crippen molar-refractivity contribution in [2.45, 2.75) is 26.5 Å². The van der Waals surface area contributed by atoms with Gasteiger partial charge in [0, 0.05) is 6.92 Å². The molecule has 0 spiro atoms. The summed E-state index contributed by atoms with van der Waals surface area (Å²) in [5, 5.41) is 2.87. The smallest absolute Gasteiger partial charge is 0.328 e. The fraction of sp³-hybridized carbons (Fsp3) is 0.364. The van der Waals surface area contributed by atoms with E-state index in [1.165, 1.54) is 13.8 Å². The van der Waals surface area contributed by atoms with Gasteiger partial charge in [-0.15, -0.1) is 0 Å². The van der Waals surface area contributed by atoms with Crippen LogP contribution in [0.3, 0.4) is 0 Å². The van der Waals surface area contributed by atoms with Crippen molar-refractivity contribution in [1.82, 2.24) is 10.3 Å². The van der Waals surface area contributed by atoms with Crippen molar-refractivity contribution in [3.8, 4) is 0 Å². The number of esters is 1. The highest BCUT2D eigenvalue weighted by Gasteiger charge is 2.15. The second-order valence-corrected chi connectivity index (χ2v) is 4.43. The largest absolute Gasteiger partial charge is 0.459 e.